The van der Waals surface area contributed by atoms with Gasteiger partial charge in [0.1, 0.15) is 30.9 Å². The summed E-state index contributed by atoms with van der Waals surface area (Å²) in [5, 5.41) is 20.5. The Labute approximate surface area is 209 Å². The number of hydrogen-bond donors (Lipinski definition) is 5. The summed E-state index contributed by atoms with van der Waals surface area (Å²) in [6.45, 7) is 6.37. The summed E-state index contributed by atoms with van der Waals surface area (Å²) in [6.07, 6.45) is 1.86. The first-order valence-electron chi connectivity index (χ1n) is 11.9. The van der Waals surface area contributed by atoms with Crippen LogP contribution in [0.5, 0.6) is 0 Å². The predicted octanol–water partition coefficient (Wildman–Crippen LogP) is 2.42. The quantitative estimate of drug-likeness (QED) is 0.296. The van der Waals surface area contributed by atoms with Crippen molar-refractivity contribution in [1.82, 2.24) is 20.6 Å². The Morgan fingerprint density at radius 3 is 2.75 bits per heavy atom. The van der Waals surface area contributed by atoms with E-state index in [0.29, 0.717) is 49.8 Å². The third-order valence-corrected chi connectivity index (χ3v) is 5.63. The Hall–Kier alpha value is -3.93. The molecule has 0 spiro atoms. The number of rotatable bonds is 12. The highest BCUT2D eigenvalue weighted by Crippen LogP contribution is 2.33. The number of carboxylic acid groups (broad SMARTS) is 1. The highest BCUT2D eigenvalue weighted by molar-refractivity contribution is 5.94. The number of anilines is 3. The van der Waals surface area contributed by atoms with Crippen molar-refractivity contribution >= 4 is 35.2 Å². The van der Waals surface area contributed by atoms with Gasteiger partial charge in [-0.05, 0) is 25.3 Å². The van der Waals surface area contributed by atoms with Crippen molar-refractivity contribution in [3.63, 3.8) is 0 Å². The van der Waals surface area contributed by atoms with Crippen molar-refractivity contribution in [2.45, 2.75) is 58.7 Å². The maximum absolute atomic E-state index is 12.6. The largest absolute Gasteiger partial charge is 0.480 e. The van der Waals surface area contributed by atoms with E-state index in [-0.39, 0.29) is 6.73 Å². The van der Waals surface area contributed by atoms with E-state index < -0.39 is 30.1 Å². The summed E-state index contributed by atoms with van der Waals surface area (Å²) in [4.78, 5) is 46.5. The van der Waals surface area contributed by atoms with Gasteiger partial charge < -0.3 is 30.7 Å². The zero-order valence-electron chi connectivity index (χ0n) is 20.7. The third kappa shape index (κ3) is 7.04. The Bertz CT molecular complexity index is 1080. The van der Waals surface area contributed by atoms with Crippen molar-refractivity contribution in [2.24, 2.45) is 0 Å². The molecular weight excluding hydrogens is 466 g/mol. The van der Waals surface area contributed by atoms with E-state index in [1.54, 1.807) is 11.8 Å². The Morgan fingerprint density at radius 1 is 1.25 bits per heavy atom. The summed E-state index contributed by atoms with van der Waals surface area (Å²) in [5.74, 6) is -0.708. The molecule has 0 saturated heterocycles. The average molecular weight is 500 g/mol. The van der Waals surface area contributed by atoms with E-state index in [1.165, 1.54) is 6.33 Å². The number of aromatic nitrogens is 2. The van der Waals surface area contributed by atoms with E-state index in [4.69, 9.17) is 4.74 Å². The number of nitrogens with one attached hydrogen (secondary N) is 4. The van der Waals surface area contributed by atoms with Gasteiger partial charge in [-0.3, -0.25) is 10.1 Å². The molecule has 12 heteroatoms. The van der Waals surface area contributed by atoms with Crippen LogP contribution in [0.3, 0.4) is 0 Å². The molecule has 1 aliphatic rings. The number of ether oxygens (including phenoxy) is 1. The molecule has 0 fully saturated rings. The highest BCUT2D eigenvalue weighted by atomic mass is 16.5. The molecule has 0 saturated carbocycles. The second-order valence-electron chi connectivity index (χ2n) is 8.47. The monoisotopic (exact) mass is 499 g/mol. The number of aryl methyl sites for hydroxylation is 1. The molecule has 36 heavy (non-hydrogen) atoms. The summed E-state index contributed by atoms with van der Waals surface area (Å²) in [5.41, 5.74) is 2.64. The molecule has 2 atom stereocenters. The van der Waals surface area contributed by atoms with E-state index in [1.807, 2.05) is 38.1 Å². The van der Waals surface area contributed by atoms with Crippen LogP contribution in [0.25, 0.3) is 0 Å². The topological polar surface area (TPSA) is 158 Å². The number of hydrogen-bond acceptors (Lipinski definition) is 8. The maximum Gasteiger partial charge on any atom is 0.326 e. The number of nitrogens with zero attached hydrogens (tertiary/aromatic N) is 3. The minimum Gasteiger partial charge on any atom is -0.480 e. The fraction of sp³-hybridized carbons (Fsp3) is 0.458. The van der Waals surface area contributed by atoms with Gasteiger partial charge in [0.2, 0.25) is 5.91 Å². The van der Waals surface area contributed by atoms with Crippen molar-refractivity contribution in [3.8, 4) is 0 Å². The van der Waals surface area contributed by atoms with Crippen LogP contribution in [-0.4, -0.2) is 58.5 Å². The van der Waals surface area contributed by atoms with Crippen LogP contribution in [0.15, 0.2) is 30.6 Å². The third-order valence-electron chi connectivity index (χ3n) is 5.63. The van der Waals surface area contributed by atoms with E-state index in [9.17, 15) is 19.5 Å². The van der Waals surface area contributed by atoms with Crippen LogP contribution >= 0.6 is 0 Å². The SMILES string of the molecule is CCCC(NC(=O)C(CC)OCN1CNc2c(NC(=O)NCc3cccc(C)c3)ncnc21)C(=O)O. The molecule has 3 amide bonds. The molecule has 194 valence electrons. The molecule has 2 unspecified atom stereocenters. The minimum absolute atomic E-state index is 0.0352. The number of carbonyl (C=O) groups is 3. The van der Waals surface area contributed by atoms with Gasteiger partial charge in [0.15, 0.2) is 11.6 Å². The number of fused-ring (bicyclic) bond motifs is 1. The van der Waals surface area contributed by atoms with Crippen LogP contribution in [0, 0.1) is 6.92 Å². The Morgan fingerprint density at radius 2 is 2.06 bits per heavy atom. The molecule has 2 heterocycles. The zero-order valence-corrected chi connectivity index (χ0v) is 20.7. The molecule has 0 aliphatic carbocycles. The van der Waals surface area contributed by atoms with Gasteiger partial charge in [-0.25, -0.2) is 19.6 Å². The maximum atomic E-state index is 12.6. The number of benzene rings is 1. The average Bonchev–Trinajstić information content (AvgIpc) is 3.27. The van der Waals surface area contributed by atoms with Gasteiger partial charge in [-0.1, -0.05) is 50.1 Å². The molecular formula is C24H33N7O5. The van der Waals surface area contributed by atoms with Crippen molar-refractivity contribution < 1.29 is 24.2 Å². The molecule has 5 N–H and O–H groups in total. The van der Waals surface area contributed by atoms with E-state index in [2.05, 4.69) is 31.2 Å². The van der Waals surface area contributed by atoms with Gasteiger partial charge in [-0.15, -0.1) is 0 Å². The van der Waals surface area contributed by atoms with Crippen molar-refractivity contribution in [3.05, 3.63) is 41.7 Å². The number of carboxylic acids is 1. The van der Waals surface area contributed by atoms with Crippen molar-refractivity contribution in [1.29, 1.82) is 0 Å². The fourth-order valence-electron chi connectivity index (χ4n) is 3.76. The van der Waals surface area contributed by atoms with Crippen molar-refractivity contribution in [2.75, 3.05) is 28.9 Å². The van der Waals surface area contributed by atoms with Gasteiger partial charge >= 0.3 is 12.0 Å². The fourth-order valence-corrected chi connectivity index (χ4v) is 3.76. The first-order chi connectivity index (χ1) is 17.3. The van der Waals surface area contributed by atoms with Gasteiger partial charge in [0, 0.05) is 6.54 Å². The second kappa shape index (κ2) is 12.7. The first-order valence-corrected chi connectivity index (χ1v) is 11.9. The second-order valence-corrected chi connectivity index (χ2v) is 8.47. The van der Waals surface area contributed by atoms with E-state index in [0.717, 1.165) is 11.1 Å². The lowest BCUT2D eigenvalue weighted by molar-refractivity contribution is -0.144. The lowest BCUT2D eigenvalue weighted by Gasteiger charge is -2.23. The molecule has 3 rings (SSSR count). The zero-order chi connectivity index (χ0) is 26.1. The Balaban J connectivity index is 1.57. The summed E-state index contributed by atoms with van der Waals surface area (Å²) >= 11 is 0. The first kappa shape index (κ1) is 26.7. The van der Waals surface area contributed by atoms with Crippen LogP contribution in [0.1, 0.15) is 44.2 Å². The highest BCUT2D eigenvalue weighted by Gasteiger charge is 2.28. The minimum atomic E-state index is -1.07. The molecule has 1 aromatic heterocycles. The number of aliphatic carboxylic acids is 1. The predicted molar refractivity (Wildman–Crippen MR) is 135 cm³/mol. The van der Waals surface area contributed by atoms with E-state index >= 15 is 0 Å². The lowest BCUT2D eigenvalue weighted by atomic mass is 10.1. The van der Waals surface area contributed by atoms with Gasteiger partial charge in [-0.2, -0.15) is 0 Å². The van der Waals surface area contributed by atoms with Crippen LogP contribution in [0.2, 0.25) is 0 Å². The standard InChI is InChI=1S/C24H33N7O5/c1-4-7-17(23(33)34)29-22(32)18(5-2)36-14-31-13-28-19-20(26-12-27-21(19)31)30-24(35)25-11-16-9-6-8-15(3)10-16/h6,8-10,12,17-18,28H,4-5,7,11,13-14H2,1-3H3,(H,29,32)(H,33,34)(H2,25,26,27,30,35). The Kier molecular flexibility index (Phi) is 9.39. The normalized spacial score (nSPS) is 13.8. The summed E-state index contributed by atoms with van der Waals surface area (Å²) in [6, 6.07) is 6.50. The summed E-state index contributed by atoms with van der Waals surface area (Å²) in [7, 11) is 0. The van der Waals surface area contributed by atoms with Gasteiger partial charge in [0.25, 0.3) is 0 Å². The number of urea groups is 1. The van der Waals surface area contributed by atoms with Crippen LogP contribution in [0.4, 0.5) is 22.1 Å². The summed E-state index contributed by atoms with van der Waals surface area (Å²) < 4.78 is 5.79. The molecule has 2 aromatic rings. The molecule has 0 bridgehead atoms. The molecule has 0 radical (unpaired) electrons. The smallest absolute Gasteiger partial charge is 0.326 e. The lowest BCUT2D eigenvalue weighted by Crippen LogP contribution is -2.47. The number of carbonyl (C=O) groups excluding carboxylic acids is 2. The van der Waals surface area contributed by atoms with Crippen LogP contribution in [-0.2, 0) is 20.9 Å². The van der Waals surface area contributed by atoms with Gasteiger partial charge in [0.05, 0.1) is 6.67 Å². The molecule has 1 aliphatic heterocycles. The number of amides is 3. The molecule has 12 nitrogen and oxygen atoms in total. The molecule has 1 aromatic carbocycles. The van der Waals surface area contributed by atoms with Crippen LogP contribution < -0.4 is 26.2 Å².